The zero-order chi connectivity index (χ0) is 20.8. The van der Waals surface area contributed by atoms with Gasteiger partial charge in [-0.2, -0.15) is 0 Å². The summed E-state index contributed by atoms with van der Waals surface area (Å²) in [7, 11) is 0. The number of carboxylic acids is 2. The second-order valence-corrected chi connectivity index (χ2v) is 7.05. The number of anilines is 1. The van der Waals surface area contributed by atoms with Crippen molar-refractivity contribution < 1.29 is 24.2 Å². The highest BCUT2D eigenvalue weighted by Crippen LogP contribution is 2.31. The highest BCUT2D eigenvalue weighted by molar-refractivity contribution is 6.33. The van der Waals surface area contributed by atoms with Gasteiger partial charge in [0.25, 0.3) is 5.89 Å². The molecule has 3 aliphatic rings. The molecular weight excluding hydrogens is 400 g/mol. The maximum absolute atomic E-state index is 9.55. The normalized spacial score (nSPS) is 20.8. The van der Waals surface area contributed by atoms with Crippen LogP contribution in [0.15, 0.2) is 40.8 Å². The van der Waals surface area contributed by atoms with Gasteiger partial charge in [0, 0.05) is 44.4 Å². The van der Waals surface area contributed by atoms with Gasteiger partial charge in [0.05, 0.1) is 10.6 Å². The molecule has 3 fully saturated rings. The second kappa shape index (κ2) is 9.53. The monoisotopic (exact) mass is 420 g/mol. The van der Waals surface area contributed by atoms with Crippen LogP contribution in [-0.2, 0) is 9.59 Å². The van der Waals surface area contributed by atoms with Crippen LogP contribution in [0.2, 0.25) is 5.02 Å². The molecule has 0 unspecified atom stereocenters. The fourth-order valence-electron chi connectivity index (χ4n) is 3.36. The van der Waals surface area contributed by atoms with E-state index < -0.39 is 11.9 Å². The number of halogens is 1. The summed E-state index contributed by atoms with van der Waals surface area (Å²) in [6.07, 6.45) is 3.46. The van der Waals surface area contributed by atoms with Crippen molar-refractivity contribution in [1.29, 1.82) is 0 Å². The molecule has 0 saturated carbocycles. The molecule has 0 spiro atoms. The van der Waals surface area contributed by atoms with Crippen LogP contribution in [0.5, 0.6) is 0 Å². The van der Waals surface area contributed by atoms with Crippen molar-refractivity contribution in [3.05, 3.63) is 41.4 Å². The van der Waals surface area contributed by atoms with Gasteiger partial charge in [-0.1, -0.05) is 28.8 Å². The maximum Gasteiger partial charge on any atom is 0.328 e. The van der Waals surface area contributed by atoms with E-state index in [0.717, 1.165) is 18.7 Å². The Morgan fingerprint density at radius 1 is 1.03 bits per heavy atom. The van der Waals surface area contributed by atoms with Crippen LogP contribution in [0.25, 0.3) is 11.5 Å². The largest absolute Gasteiger partial charge is 0.478 e. The molecule has 1 aromatic heterocycles. The van der Waals surface area contributed by atoms with Crippen LogP contribution < -0.4 is 4.90 Å². The molecule has 154 valence electrons. The number of carbonyl (C=O) groups is 2. The molecule has 10 heteroatoms. The Morgan fingerprint density at radius 3 is 2.31 bits per heavy atom. The van der Waals surface area contributed by atoms with Gasteiger partial charge in [-0.15, -0.1) is 5.10 Å². The van der Waals surface area contributed by atoms with E-state index in [1.54, 1.807) is 0 Å². The van der Waals surface area contributed by atoms with Gasteiger partial charge < -0.3 is 24.4 Å². The van der Waals surface area contributed by atoms with Crippen LogP contribution in [0.1, 0.15) is 12.8 Å². The smallest absolute Gasteiger partial charge is 0.328 e. The van der Waals surface area contributed by atoms with Crippen LogP contribution >= 0.6 is 11.6 Å². The minimum atomic E-state index is -1.26. The standard InChI is InChI=1S/C15H17ClN4O.C4H4O4/c16-13-4-2-1-3-12(13)14-17-18-15(21-14)20-10-9-19-7-5-11(20)6-8-19;5-3(6)1-2-4(7)8/h1-4,11H,5-10H2;1-2H,(H,5,6)(H,7,8)/b;2-1+. The van der Waals surface area contributed by atoms with Crippen LogP contribution in [0.4, 0.5) is 6.01 Å². The van der Waals surface area contributed by atoms with Crippen molar-refractivity contribution in [3.63, 3.8) is 0 Å². The quantitative estimate of drug-likeness (QED) is 0.718. The van der Waals surface area contributed by atoms with Gasteiger partial charge >= 0.3 is 18.0 Å². The first-order valence-electron chi connectivity index (χ1n) is 9.15. The summed E-state index contributed by atoms with van der Waals surface area (Å²) in [4.78, 5) is 23.9. The van der Waals surface area contributed by atoms with Gasteiger partial charge in [-0.3, -0.25) is 0 Å². The fourth-order valence-corrected chi connectivity index (χ4v) is 3.57. The Hall–Kier alpha value is -2.91. The van der Waals surface area contributed by atoms with E-state index in [-0.39, 0.29) is 0 Å². The van der Waals surface area contributed by atoms with Crippen molar-refractivity contribution in [3.8, 4) is 11.5 Å². The first-order chi connectivity index (χ1) is 13.9. The van der Waals surface area contributed by atoms with Gasteiger partial charge in [-0.05, 0) is 25.0 Å². The lowest BCUT2D eigenvalue weighted by molar-refractivity contribution is -0.134. The lowest BCUT2D eigenvalue weighted by Gasteiger charge is -2.29. The first kappa shape index (κ1) is 20.8. The van der Waals surface area contributed by atoms with E-state index in [0.29, 0.717) is 35.1 Å². The van der Waals surface area contributed by atoms with E-state index in [4.69, 9.17) is 26.2 Å². The molecule has 4 heterocycles. The Morgan fingerprint density at radius 2 is 1.69 bits per heavy atom. The number of nitrogens with zero attached hydrogens (tertiary/aromatic N) is 4. The Labute approximate surface area is 172 Å². The average Bonchev–Trinajstić information content (AvgIpc) is 2.99. The summed E-state index contributed by atoms with van der Waals surface area (Å²) < 4.78 is 5.90. The zero-order valence-electron chi connectivity index (χ0n) is 15.6. The van der Waals surface area contributed by atoms with E-state index in [1.165, 1.54) is 25.9 Å². The number of piperidine rings is 1. The van der Waals surface area contributed by atoms with E-state index in [2.05, 4.69) is 20.0 Å². The Kier molecular flexibility index (Phi) is 6.84. The third-order valence-electron chi connectivity index (χ3n) is 4.79. The molecule has 0 aliphatic carbocycles. The topological polar surface area (TPSA) is 120 Å². The third-order valence-corrected chi connectivity index (χ3v) is 5.12. The second-order valence-electron chi connectivity index (χ2n) is 6.65. The molecule has 2 N–H and O–H groups in total. The van der Waals surface area contributed by atoms with Crippen LogP contribution in [-0.4, -0.2) is 69.5 Å². The molecule has 0 amide bonds. The number of benzene rings is 1. The lowest BCUT2D eigenvalue weighted by atomic mass is 10.1. The van der Waals surface area contributed by atoms with Crippen LogP contribution in [0.3, 0.4) is 0 Å². The summed E-state index contributed by atoms with van der Waals surface area (Å²) in [5, 5.41) is 24.7. The number of aliphatic carboxylic acids is 2. The molecule has 2 bridgehead atoms. The van der Waals surface area contributed by atoms with Crippen LogP contribution in [0, 0.1) is 0 Å². The van der Waals surface area contributed by atoms with Crippen molar-refractivity contribution in [2.24, 2.45) is 0 Å². The van der Waals surface area contributed by atoms with Gasteiger partial charge in [0.1, 0.15) is 0 Å². The Balaban J connectivity index is 0.000000258. The molecular formula is C19H21ClN4O5. The number of fused-ring (bicyclic) bond motifs is 4. The minimum Gasteiger partial charge on any atom is -0.478 e. The van der Waals surface area contributed by atoms with Crippen molar-refractivity contribution >= 4 is 29.6 Å². The van der Waals surface area contributed by atoms with E-state index in [1.807, 2.05) is 24.3 Å². The number of hydrogen-bond acceptors (Lipinski definition) is 7. The molecule has 2 aromatic rings. The van der Waals surface area contributed by atoms with Gasteiger partial charge in [0.2, 0.25) is 0 Å². The average molecular weight is 421 g/mol. The first-order valence-corrected chi connectivity index (χ1v) is 9.53. The van der Waals surface area contributed by atoms with E-state index in [9.17, 15) is 9.59 Å². The number of aromatic nitrogens is 2. The SMILES string of the molecule is Clc1ccccc1-c1nnc(N2CCN3CCC2CC3)o1.O=C(O)/C=C/C(=O)O. The predicted molar refractivity (Wildman–Crippen MR) is 106 cm³/mol. The number of hydrogen-bond donors (Lipinski definition) is 2. The molecule has 5 rings (SSSR count). The van der Waals surface area contributed by atoms with E-state index >= 15 is 0 Å². The molecule has 29 heavy (non-hydrogen) atoms. The highest BCUT2D eigenvalue weighted by Gasteiger charge is 2.32. The number of rotatable bonds is 4. The fraction of sp³-hybridized carbons (Fsp3) is 0.368. The molecule has 3 aliphatic heterocycles. The third kappa shape index (κ3) is 5.55. The van der Waals surface area contributed by atoms with Crippen molar-refractivity contribution in [2.45, 2.75) is 18.9 Å². The lowest BCUT2D eigenvalue weighted by Crippen LogP contribution is -2.38. The number of carboxylic acid groups (broad SMARTS) is 2. The van der Waals surface area contributed by atoms with Crippen molar-refractivity contribution in [1.82, 2.24) is 15.1 Å². The molecule has 1 aromatic carbocycles. The highest BCUT2D eigenvalue weighted by atomic mass is 35.5. The predicted octanol–water partition coefficient (Wildman–Crippen LogP) is 2.39. The summed E-state index contributed by atoms with van der Waals surface area (Å²) >= 11 is 6.19. The maximum atomic E-state index is 9.55. The van der Waals surface area contributed by atoms with Crippen molar-refractivity contribution in [2.75, 3.05) is 31.1 Å². The zero-order valence-corrected chi connectivity index (χ0v) is 16.3. The molecule has 0 atom stereocenters. The molecule has 0 radical (unpaired) electrons. The summed E-state index contributed by atoms with van der Waals surface area (Å²) in [6, 6.07) is 8.69. The Bertz CT molecular complexity index is 876. The van der Waals surface area contributed by atoms with Gasteiger partial charge in [0.15, 0.2) is 0 Å². The minimum absolute atomic E-state index is 0.495. The van der Waals surface area contributed by atoms with Gasteiger partial charge in [-0.25, -0.2) is 9.59 Å². The summed E-state index contributed by atoms with van der Waals surface area (Å²) in [5.41, 5.74) is 0.792. The molecule has 3 saturated heterocycles. The summed E-state index contributed by atoms with van der Waals surface area (Å²) in [6.45, 7) is 4.37. The summed E-state index contributed by atoms with van der Waals surface area (Å²) in [5.74, 6) is -2.02. The molecule has 9 nitrogen and oxygen atoms in total.